The lowest BCUT2D eigenvalue weighted by atomic mass is 9.95. The van der Waals surface area contributed by atoms with E-state index in [2.05, 4.69) is 5.32 Å². The molecule has 2 amide bonds. The molecule has 0 saturated carbocycles. The van der Waals surface area contributed by atoms with Gasteiger partial charge in [0.25, 0.3) is 0 Å². The van der Waals surface area contributed by atoms with Crippen molar-refractivity contribution in [1.29, 1.82) is 0 Å². The molecule has 0 aromatic heterocycles. The predicted octanol–water partition coefficient (Wildman–Crippen LogP) is 2.05. The van der Waals surface area contributed by atoms with Gasteiger partial charge in [0, 0.05) is 37.2 Å². The fraction of sp³-hybridized carbons (Fsp3) is 0.556. The van der Waals surface area contributed by atoms with Crippen molar-refractivity contribution >= 4 is 17.5 Å². The van der Waals surface area contributed by atoms with Gasteiger partial charge in [-0.3, -0.25) is 9.59 Å². The molecule has 1 aliphatic heterocycles. The number of carbonyl (C=O) groups excluding carboxylic acids is 2. The zero-order valence-electron chi connectivity index (χ0n) is 13.9. The molecule has 0 bridgehead atoms. The smallest absolute Gasteiger partial charge is 0.227 e. The summed E-state index contributed by atoms with van der Waals surface area (Å²) in [6.07, 6.45) is 2.05. The first-order valence-electron chi connectivity index (χ1n) is 8.30. The van der Waals surface area contributed by atoms with Crippen LogP contribution in [0.3, 0.4) is 0 Å². The standard InChI is InChI=1S/C18H26N2O3/c1-13(2)18(23)20-10-7-15(8-11-20)17(22)19-16-5-3-14(4-6-16)9-12-21/h3-6,13,15,21H,7-12H2,1-2H3,(H,19,22). The van der Waals surface area contributed by atoms with E-state index in [9.17, 15) is 9.59 Å². The predicted molar refractivity (Wildman–Crippen MR) is 90.0 cm³/mol. The van der Waals surface area contributed by atoms with E-state index in [1.807, 2.05) is 43.0 Å². The van der Waals surface area contributed by atoms with Gasteiger partial charge in [-0.25, -0.2) is 0 Å². The van der Waals surface area contributed by atoms with Crippen LogP contribution in [-0.2, 0) is 16.0 Å². The third-order valence-corrected chi connectivity index (χ3v) is 4.29. The molecular weight excluding hydrogens is 292 g/mol. The Hall–Kier alpha value is -1.88. The second-order valence-electron chi connectivity index (χ2n) is 6.41. The Balaban J connectivity index is 1.84. The molecule has 1 saturated heterocycles. The van der Waals surface area contributed by atoms with E-state index in [4.69, 9.17) is 5.11 Å². The highest BCUT2D eigenvalue weighted by Crippen LogP contribution is 2.21. The van der Waals surface area contributed by atoms with Crippen LogP contribution in [0.5, 0.6) is 0 Å². The lowest BCUT2D eigenvalue weighted by molar-refractivity contribution is -0.137. The number of hydrogen-bond donors (Lipinski definition) is 2. The molecular formula is C18H26N2O3. The second-order valence-corrected chi connectivity index (χ2v) is 6.41. The van der Waals surface area contributed by atoms with Crippen LogP contribution in [0.2, 0.25) is 0 Å². The van der Waals surface area contributed by atoms with Crippen LogP contribution in [0.1, 0.15) is 32.3 Å². The van der Waals surface area contributed by atoms with Crippen LogP contribution in [0.4, 0.5) is 5.69 Å². The van der Waals surface area contributed by atoms with Gasteiger partial charge < -0.3 is 15.3 Å². The summed E-state index contributed by atoms with van der Waals surface area (Å²) in [4.78, 5) is 26.2. The number of aliphatic hydroxyl groups excluding tert-OH is 1. The Bertz CT molecular complexity index is 532. The number of nitrogens with zero attached hydrogens (tertiary/aromatic N) is 1. The van der Waals surface area contributed by atoms with Gasteiger partial charge in [0.2, 0.25) is 11.8 Å². The van der Waals surface area contributed by atoms with E-state index >= 15 is 0 Å². The van der Waals surface area contributed by atoms with Crippen LogP contribution in [0.15, 0.2) is 24.3 Å². The van der Waals surface area contributed by atoms with Crippen molar-refractivity contribution in [2.45, 2.75) is 33.1 Å². The summed E-state index contributed by atoms with van der Waals surface area (Å²) >= 11 is 0. The van der Waals surface area contributed by atoms with Crippen LogP contribution >= 0.6 is 0 Å². The van der Waals surface area contributed by atoms with E-state index < -0.39 is 0 Å². The minimum absolute atomic E-state index is 0.0119. The summed E-state index contributed by atoms with van der Waals surface area (Å²) in [7, 11) is 0. The Kier molecular flexibility index (Phi) is 6.16. The molecule has 23 heavy (non-hydrogen) atoms. The van der Waals surface area contributed by atoms with Crippen LogP contribution in [0, 0.1) is 11.8 Å². The Morgan fingerprint density at radius 1 is 1.22 bits per heavy atom. The molecule has 2 rings (SSSR count). The molecule has 5 nitrogen and oxygen atoms in total. The zero-order chi connectivity index (χ0) is 16.8. The van der Waals surface area contributed by atoms with Crippen molar-refractivity contribution in [1.82, 2.24) is 4.90 Å². The van der Waals surface area contributed by atoms with Crippen molar-refractivity contribution in [3.63, 3.8) is 0 Å². The average molecular weight is 318 g/mol. The first-order valence-corrected chi connectivity index (χ1v) is 8.30. The van der Waals surface area contributed by atoms with Gasteiger partial charge in [-0.05, 0) is 37.0 Å². The van der Waals surface area contributed by atoms with Crippen molar-refractivity contribution in [3.05, 3.63) is 29.8 Å². The Labute approximate surface area is 137 Å². The fourth-order valence-electron chi connectivity index (χ4n) is 2.86. The van der Waals surface area contributed by atoms with Crippen LogP contribution in [-0.4, -0.2) is 41.5 Å². The average Bonchev–Trinajstić information content (AvgIpc) is 2.56. The number of aliphatic hydroxyl groups is 1. The van der Waals surface area contributed by atoms with Gasteiger partial charge in [0.05, 0.1) is 0 Å². The highest BCUT2D eigenvalue weighted by molar-refractivity contribution is 5.92. The van der Waals surface area contributed by atoms with Gasteiger partial charge in [0.1, 0.15) is 0 Å². The van der Waals surface area contributed by atoms with E-state index in [-0.39, 0.29) is 30.3 Å². The molecule has 0 unspecified atom stereocenters. The third-order valence-electron chi connectivity index (χ3n) is 4.29. The first kappa shape index (κ1) is 17.5. The summed E-state index contributed by atoms with van der Waals surface area (Å²) in [5.41, 5.74) is 1.82. The minimum atomic E-state index is -0.0386. The topological polar surface area (TPSA) is 69.6 Å². The second kappa shape index (κ2) is 8.11. The van der Waals surface area contributed by atoms with E-state index in [1.165, 1.54) is 0 Å². The quantitative estimate of drug-likeness (QED) is 0.873. The number of likely N-dealkylation sites (tertiary alicyclic amines) is 1. The van der Waals surface area contributed by atoms with Gasteiger partial charge in [-0.1, -0.05) is 26.0 Å². The van der Waals surface area contributed by atoms with Crippen molar-refractivity contribution < 1.29 is 14.7 Å². The lowest BCUT2D eigenvalue weighted by Crippen LogP contribution is -2.43. The van der Waals surface area contributed by atoms with E-state index in [0.29, 0.717) is 32.4 Å². The highest BCUT2D eigenvalue weighted by atomic mass is 16.3. The van der Waals surface area contributed by atoms with Crippen molar-refractivity contribution in [2.75, 3.05) is 25.0 Å². The van der Waals surface area contributed by atoms with Gasteiger partial charge in [-0.2, -0.15) is 0 Å². The molecule has 0 atom stereocenters. The number of benzene rings is 1. The number of rotatable bonds is 5. The molecule has 0 radical (unpaired) electrons. The summed E-state index contributed by atoms with van der Waals surface area (Å²) < 4.78 is 0. The number of nitrogens with one attached hydrogen (secondary N) is 1. The monoisotopic (exact) mass is 318 g/mol. The maximum absolute atomic E-state index is 12.3. The molecule has 5 heteroatoms. The lowest BCUT2D eigenvalue weighted by Gasteiger charge is -2.32. The molecule has 0 spiro atoms. The Morgan fingerprint density at radius 2 is 1.83 bits per heavy atom. The van der Waals surface area contributed by atoms with Crippen LogP contribution in [0.25, 0.3) is 0 Å². The molecule has 1 aliphatic rings. The number of hydrogen-bond acceptors (Lipinski definition) is 3. The van der Waals surface area contributed by atoms with Crippen molar-refractivity contribution in [3.8, 4) is 0 Å². The number of amides is 2. The SMILES string of the molecule is CC(C)C(=O)N1CCC(C(=O)Nc2ccc(CCO)cc2)CC1. The zero-order valence-corrected chi connectivity index (χ0v) is 13.9. The summed E-state index contributed by atoms with van der Waals surface area (Å²) in [6.45, 7) is 5.25. The van der Waals surface area contributed by atoms with Gasteiger partial charge in [0.15, 0.2) is 0 Å². The molecule has 1 aromatic carbocycles. The van der Waals surface area contributed by atoms with Gasteiger partial charge in [-0.15, -0.1) is 0 Å². The summed E-state index contributed by atoms with van der Waals surface area (Å²) in [6, 6.07) is 7.55. The summed E-state index contributed by atoms with van der Waals surface area (Å²) in [5.74, 6) is 0.168. The highest BCUT2D eigenvalue weighted by Gasteiger charge is 2.28. The van der Waals surface area contributed by atoms with E-state index in [0.717, 1.165) is 11.3 Å². The molecule has 1 aromatic rings. The Morgan fingerprint density at radius 3 is 2.35 bits per heavy atom. The maximum Gasteiger partial charge on any atom is 0.227 e. The largest absolute Gasteiger partial charge is 0.396 e. The third kappa shape index (κ3) is 4.79. The number of carbonyl (C=O) groups is 2. The fourth-order valence-corrected chi connectivity index (χ4v) is 2.86. The molecule has 0 aliphatic carbocycles. The summed E-state index contributed by atoms with van der Waals surface area (Å²) in [5, 5.41) is 11.8. The molecule has 2 N–H and O–H groups in total. The first-order chi connectivity index (χ1) is 11.0. The van der Waals surface area contributed by atoms with Crippen LogP contribution < -0.4 is 5.32 Å². The maximum atomic E-state index is 12.3. The molecule has 1 fully saturated rings. The molecule has 126 valence electrons. The molecule has 1 heterocycles. The number of anilines is 1. The minimum Gasteiger partial charge on any atom is -0.396 e. The van der Waals surface area contributed by atoms with Crippen molar-refractivity contribution in [2.24, 2.45) is 11.8 Å². The van der Waals surface area contributed by atoms with Gasteiger partial charge >= 0.3 is 0 Å². The van der Waals surface area contributed by atoms with E-state index in [1.54, 1.807) is 0 Å². The normalized spacial score (nSPS) is 15.7. The number of piperidine rings is 1.